The molecule has 1 N–H and O–H groups in total. The molecule has 176 valence electrons. The Bertz CT molecular complexity index is 1590. The molecule has 1 atom stereocenters. The predicted molar refractivity (Wildman–Crippen MR) is 133 cm³/mol. The number of pyridine rings is 1. The van der Waals surface area contributed by atoms with E-state index < -0.39 is 17.7 Å². The van der Waals surface area contributed by atoms with Crippen LogP contribution >= 0.6 is 22.9 Å². The van der Waals surface area contributed by atoms with Gasteiger partial charge in [-0.3, -0.25) is 23.7 Å². The molecule has 1 unspecified atom stereocenters. The van der Waals surface area contributed by atoms with Crippen molar-refractivity contribution in [2.75, 3.05) is 4.90 Å². The van der Waals surface area contributed by atoms with Gasteiger partial charge in [0, 0.05) is 18.1 Å². The first-order valence-corrected chi connectivity index (χ1v) is 11.9. The Morgan fingerprint density at radius 2 is 1.86 bits per heavy atom. The molecule has 1 amide bonds. The van der Waals surface area contributed by atoms with Gasteiger partial charge in [0.25, 0.3) is 5.78 Å². The number of ketones is 2. The largest absolute Gasteiger partial charge is 0.505 e. The maximum Gasteiger partial charge on any atom is 0.301 e. The fourth-order valence-corrected chi connectivity index (χ4v) is 5.55. The van der Waals surface area contributed by atoms with E-state index in [2.05, 4.69) is 9.97 Å². The number of fused-ring (bicyclic) bond motifs is 1. The SMILES string of the molecule is CC(=O)c1sc(N2C(=O)C(=O)C(=C(O)c3c(C)nc4ccccn34)C2c2cccc(Cl)c2)nc1C. The van der Waals surface area contributed by atoms with Crippen molar-refractivity contribution in [2.45, 2.75) is 26.8 Å². The maximum absolute atomic E-state index is 13.4. The lowest BCUT2D eigenvalue weighted by molar-refractivity contribution is -0.132. The number of Topliss-reactive ketones (excluding diaryl/α,β-unsaturated/α-hetero) is 2. The second-order valence-corrected chi connectivity index (χ2v) is 9.58. The smallest absolute Gasteiger partial charge is 0.301 e. The van der Waals surface area contributed by atoms with E-state index in [9.17, 15) is 19.5 Å². The third-order valence-electron chi connectivity index (χ3n) is 5.85. The summed E-state index contributed by atoms with van der Waals surface area (Å²) in [4.78, 5) is 49.3. The van der Waals surface area contributed by atoms with E-state index in [0.29, 0.717) is 38.2 Å². The van der Waals surface area contributed by atoms with Crippen molar-refractivity contribution in [2.24, 2.45) is 0 Å². The number of imidazole rings is 1. The highest BCUT2D eigenvalue weighted by atomic mass is 35.5. The quantitative estimate of drug-likeness (QED) is 0.183. The molecule has 1 saturated heterocycles. The van der Waals surface area contributed by atoms with Gasteiger partial charge in [0.05, 0.1) is 27.9 Å². The summed E-state index contributed by atoms with van der Waals surface area (Å²) in [5.41, 5.74) is 2.26. The molecular weight excluding hydrogens is 488 g/mol. The summed E-state index contributed by atoms with van der Waals surface area (Å²) in [5, 5.41) is 12.1. The molecule has 0 bridgehead atoms. The second-order valence-electron chi connectivity index (χ2n) is 8.17. The number of nitrogens with zero attached hydrogens (tertiary/aromatic N) is 4. The Labute approximate surface area is 209 Å². The molecule has 35 heavy (non-hydrogen) atoms. The van der Waals surface area contributed by atoms with Crippen LogP contribution in [0.25, 0.3) is 11.4 Å². The number of aromatic nitrogens is 3. The summed E-state index contributed by atoms with van der Waals surface area (Å²) in [6.07, 6.45) is 1.72. The number of aryl methyl sites for hydroxylation is 2. The number of benzene rings is 1. The molecule has 4 heterocycles. The predicted octanol–water partition coefficient (Wildman–Crippen LogP) is 4.89. The molecule has 3 aromatic heterocycles. The molecule has 0 saturated carbocycles. The molecule has 0 aliphatic carbocycles. The number of carbonyl (C=O) groups excluding carboxylic acids is 3. The zero-order valence-electron chi connectivity index (χ0n) is 18.9. The molecule has 10 heteroatoms. The highest BCUT2D eigenvalue weighted by molar-refractivity contribution is 7.18. The standard InChI is InChI=1S/C25H19ClN4O4S/c1-12-19(29-10-5-4-9-17(29)27-12)21(32)18-20(15-7-6-8-16(26)11-15)30(24(34)22(18)33)25-28-13(2)23(35-25)14(3)31/h4-11,20,32H,1-3H3. The fourth-order valence-electron chi connectivity index (χ4n) is 4.36. The van der Waals surface area contributed by atoms with Crippen molar-refractivity contribution in [1.82, 2.24) is 14.4 Å². The van der Waals surface area contributed by atoms with E-state index in [-0.39, 0.29) is 22.2 Å². The van der Waals surface area contributed by atoms with Crippen LogP contribution < -0.4 is 4.90 Å². The summed E-state index contributed by atoms with van der Waals surface area (Å²) in [6.45, 7) is 4.81. The third kappa shape index (κ3) is 3.64. The van der Waals surface area contributed by atoms with Crippen molar-refractivity contribution < 1.29 is 19.5 Å². The molecule has 1 fully saturated rings. The lowest BCUT2D eigenvalue weighted by Gasteiger charge is -2.23. The highest BCUT2D eigenvalue weighted by Gasteiger charge is 2.49. The zero-order valence-corrected chi connectivity index (χ0v) is 20.5. The van der Waals surface area contributed by atoms with Crippen LogP contribution in [0.5, 0.6) is 0 Å². The van der Waals surface area contributed by atoms with E-state index in [1.165, 1.54) is 11.8 Å². The molecule has 5 rings (SSSR count). The van der Waals surface area contributed by atoms with Gasteiger partial charge in [0.1, 0.15) is 11.3 Å². The molecule has 8 nitrogen and oxygen atoms in total. The van der Waals surface area contributed by atoms with Crippen LogP contribution in [0.4, 0.5) is 5.13 Å². The molecule has 0 radical (unpaired) electrons. The molecule has 4 aromatic rings. The number of halogens is 1. The van der Waals surface area contributed by atoms with Crippen LogP contribution in [0.1, 0.15) is 45.3 Å². The van der Waals surface area contributed by atoms with Crippen molar-refractivity contribution in [3.63, 3.8) is 0 Å². The Morgan fingerprint density at radius 3 is 2.54 bits per heavy atom. The number of amides is 1. The first kappa shape index (κ1) is 22.9. The van der Waals surface area contributed by atoms with Crippen molar-refractivity contribution in [1.29, 1.82) is 0 Å². The maximum atomic E-state index is 13.4. The first-order chi connectivity index (χ1) is 16.7. The summed E-state index contributed by atoms with van der Waals surface area (Å²) in [6, 6.07) is 11.1. The first-order valence-electron chi connectivity index (χ1n) is 10.7. The van der Waals surface area contributed by atoms with Gasteiger partial charge in [-0.25, -0.2) is 9.97 Å². The summed E-state index contributed by atoms with van der Waals surface area (Å²) in [7, 11) is 0. The van der Waals surface area contributed by atoms with Crippen LogP contribution in [0.2, 0.25) is 5.02 Å². The van der Waals surface area contributed by atoms with Crippen molar-refractivity contribution in [3.05, 3.63) is 86.8 Å². The van der Waals surface area contributed by atoms with Gasteiger partial charge in [-0.05, 0) is 43.7 Å². The normalized spacial score (nSPS) is 17.5. The van der Waals surface area contributed by atoms with E-state index in [4.69, 9.17) is 11.6 Å². The van der Waals surface area contributed by atoms with Gasteiger partial charge < -0.3 is 5.11 Å². The summed E-state index contributed by atoms with van der Waals surface area (Å²) in [5.74, 6) is -2.27. The Kier molecular flexibility index (Phi) is 5.53. The van der Waals surface area contributed by atoms with Gasteiger partial charge in [-0.15, -0.1) is 0 Å². The number of hydrogen-bond acceptors (Lipinski definition) is 7. The number of thiazole rings is 1. The minimum Gasteiger partial charge on any atom is -0.505 e. The van der Waals surface area contributed by atoms with E-state index in [1.54, 1.807) is 60.8 Å². The Morgan fingerprint density at radius 1 is 1.09 bits per heavy atom. The molecule has 1 aliphatic heterocycles. The average Bonchev–Trinajstić information content (AvgIpc) is 3.44. The number of aliphatic hydroxyl groups excluding tert-OH is 1. The van der Waals surface area contributed by atoms with Gasteiger partial charge in [-0.2, -0.15) is 0 Å². The summed E-state index contributed by atoms with van der Waals surface area (Å²) >= 11 is 7.28. The summed E-state index contributed by atoms with van der Waals surface area (Å²) < 4.78 is 1.66. The van der Waals surface area contributed by atoms with E-state index in [1.807, 2.05) is 6.07 Å². The molecule has 0 spiro atoms. The van der Waals surface area contributed by atoms with Crippen LogP contribution in [0, 0.1) is 13.8 Å². The third-order valence-corrected chi connectivity index (χ3v) is 7.34. The minimum absolute atomic E-state index is 0.108. The topological polar surface area (TPSA) is 105 Å². The molecular formula is C25H19ClN4O4S. The molecule has 1 aromatic carbocycles. The average molecular weight is 507 g/mol. The monoisotopic (exact) mass is 506 g/mol. The van der Waals surface area contributed by atoms with Gasteiger partial charge in [0.2, 0.25) is 0 Å². The van der Waals surface area contributed by atoms with Crippen molar-refractivity contribution >= 4 is 56.9 Å². The fraction of sp³-hybridized carbons (Fsp3) is 0.160. The van der Waals surface area contributed by atoms with Gasteiger partial charge in [0.15, 0.2) is 16.7 Å². The number of aliphatic hydroxyl groups is 1. The second kappa shape index (κ2) is 8.44. The Hall–Kier alpha value is -3.82. The lowest BCUT2D eigenvalue weighted by atomic mass is 9.96. The van der Waals surface area contributed by atoms with E-state index in [0.717, 1.165) is 11.3 Å². The number of hydrogen-bond donors (Lipinski definition) is 1. The van der Waals surface area contributed by atoms with Crippen LogP contribution in [-0.4, -0.2) is 36.9 Å². The number of carbonyl (C=O) groups is 3. The van der Waals surface area contributed by atoms with Crippen molar-refractivity contribution in [3.8, 4) is 0 Å². The lowest BCUT2D eigenvalue weighted by Crippen LogP contribution is -2.29. The molecule has 1 aliphatic rings. The number of rotatable bonds is 4. The van der Waals surface area contributed by atoms with Crippen LogP contribution in [-0.2, 0) is 9.59 Å². The van der Waals surface area contributed by atoms with Crippen LogP contribution in [0.3, 0.4) is 0 Å². The van der Waals surface area contributed by atoms with E-state index >= 15 is 0 Å². The Balaban J connectivity index is 1.79. The number of anilines is 1. The van der Waals surface area contributed by atoms with Gasteiger partial charge in [-0.1, -0.05) is 41.1 Å². The van der Waals surface area contributed by atoms with Gasteiger partial charge >= 0.3 is 5.91 Å². The zero-order chi connectivity index (χ0) is 25.0. The highest BCUT2D eigenvalue weighted by Crippen LogP contribution is 2.44. The minimum atomic E-state index is -1.01. The van der Waals surface area contributed by atoms with Crippen LogP contribution in [0.15, 0.2) is 54.2 Å².